The minimum Gasteiger partial charge on any atom is -0.366 e. The largest absolute Gasteiger partial charge is 0.366 e. The number of anilines is 1. The summed E-state index contributed by atoms with van der Waals surface area (Å²) in [5.41, 5.74) is 5.45. The lowest BCUT2D eigenvalue weighted by Crippen LogP contribution is -2.15. The lowest BCUT2D eigenvalue weighted by molar-refractivity contribution is 0.100. The van der Waals surface area contributed by atoms with Gasteiger partial charge in [0.2, 0.25) is 5.91 Å². The molecule has 21 heavy (non-hydrogen) atoms. The topological polar surface area (TPSA) is 89.3 Å². The van der Waals surface area contributed by atoms with E-state index in [2.05, 4.69) is 20.7 Å². The SMILES string of the molecule is Cc1sc(Br)cc1S(=O)(=O)Nc1ccc(Cl)c(C(N)=O)c1. The molecule has 0 radical (unpaired) electrons. The van der Waals surface area contributed by atoms with Gasteiger partial charge in [-0.1, -0.05) is 11.6 Å². The molecule has 1 aromatic carbocycles. The van der Waals surface area contributed by atoms with Gasteiger partial charge in [-0.25, -0.2) is 8.42 Å². The molecule has 0 aliphatic heterocycles. The fourth-order valence-electron chi connectivity index (χ4n) is 1.69. The van der Waals surface area contributed by atoms with Crippen molar-refractivity contribution in [2.45, 2.75) is 11.8 Å². The van der Waals surface area contributed by atoms with E-state index in [-0.39, 0.29) is 21.2 Å². The maximum atomic E-state index is 12.3. The molecule has 5 nitrogen and oxygen atoms in total. The van der Waals surface area contributed by atoms with Crippen molar-refractivity contribution in [2.24, 2.45) is 5.73 Å². The first-order chi connectivity index (χ1) is 9.70. The number of sulfonamides is 1. The van der Waals surface area contributed by atoms with Crippen molar-refractivity contribution in [3.63, 3.8) is 0 Å². The molecule has 0 aliphatic rings. The number of nitrogens with two attached hydrogens (primary N) is 1. The Bertz CT molecular complexity index is 818. The van der Waals surface area contributed by atoms with Gasteiger partial charge >= 0.3 is 0 Å². The highest BCUT2D eigenvalue weighted by Gasteiger charge is 2.20. The van der Waals surface area contributed by atoms with Gasteiger partial charge in [0, 0.05) is 10.6 Å². The second-order valence-corrected chi connectivity index (χ2v) is 8.83. The number of nitrogens with one attached hydrogen (secondary N) is 1. The molecule has 1 heterocycles. The molecule has 2 rings (SSSR count). The number of primary amides is 1. The van der Waals surface area contributed by atoms with Gasteiger partial charge in [0.25, 0.3) is 10.0 Å². The Hall–Kier alpha value is -1.09. The van der Waals surface area contributed by atoms with Crippen molar-refractivity contribution in [1.82, 2.24) is 0 Å². The maximum Gasteiger partial charge on any atom is 0.263 e. The molecule has 0 atom stereocenters. The van der Waals surface area contributed by atoms with Gasteiger partial charge in [0.15, 0.2) is 0 Å². The maximum absolute atomic E-state index is 12.3. The monoisotopic (exact) mass is 408 g/mol. The molecule has 0 aliphatic carbocycles. The van der Waals surface area contributed by atoms with Crippen molar-refractivity contribution in [1.29, 1.82) is 0 Å². The second-order valence-electron chi connectivity index (χ2n) is 4.14. The first-order valence-corrected chi connectivity index (χ1v) is 9.06. The van der Waals surface area contributed by atoms with E-state index in [0.717, 1.165) is 0 Å². The lowest BCUT2D eigenvalue weighted by atomic mass is 10.2. The summed E-state index contributed by atoms with van der Waals surface area (Å²) in [6.07, 6.45) is 0. The third-order valence-electron chi connectivity index (χ3n) is 2.62. The molecule has 0 fully saturated rings. The van der Waals surface area contributed by atoms with Crippen LogP contribution in [0, 0.1) is 6.92 Å². The third-order valence-corrected chi connectivity index (χ3v) is 6.14. The number of carbonyl (C=O) groups is 1. The number of hydrogen-bond acceptors (Lipinski definition) is 4. The van der Waals surface area contributed by atoms with E-state index in [9.17, 15) is 13.2 Å². The standard InChI is InChI=1S/C12H10BrClN2O3S2/c1-6-10(5-11(13)20-6)21(18,19)16-7-2-3-9(14)8(4-7)12(15)17/h2-5,16H,1H3,(H2,15,17). The van der Waals surface area contributed by atoms with Crippen molar-refractivity contribution in [2.75, 3.05) is 4.72 Å². The van der Waals surface area contributed by atoms with Gasteiger partial charge in [-0.15, -0.1) is 11.3 Å². The Kier molecular flexibility index (Phi) is 4.62. The van der Waals surface area contributed by atoms with E-state index in [1.165, 1.54) is 35.6 Å². The molecule has 0 bridgehead atoms. The van der Waals surface area contributed by atoms with Crippen LogP contribution in [0.1, 0.15) is 15.2 Å². The Morgan fingerprint density at radius 3 is 2.57 bits per heavy atom. The minimum absolute atomic E-state index is 0.0556. The first kappa shape index (κ1) is 16.3. The van der Waals surface area contributed by atoms with Crippen molar-refractivity contribution in [3.05, 3.63) is 43.5 Å². The lowest BCUT2D eigenvalue weighted by Gasteiger charge is -2.09. The van der Waals surface area contributed by atoms with Crippen LogP contribution in [-0.4, -0.2) is 14.3 Å². The van der Waals surface area contributed by atoms with E-state index >= 15 is 0 Å². The summed E-state index contributed by atoms with van der Waals surface area (Å²) in [6, 6.07) is 5.70. The third kappa shape index (κ3) is 3.57. The number of halogens is 2. The van der Waals surface area contributed by atoms with Crippen LogP contribution in [0.15, 0.2) is 32.9 Å². The smallest absolute Gasteiger partial charge is 0.263 e. The zero-order valence-corrected chi connectivity index (χ0v) is 14.7. The highest BCUT2D eigenvalue weighted by Crippen LogP contribution is 2.31. The molecule has 1 amide bonds. The molecule has 2 aromatic rings. The summed E-state index contributed by atoms with van der Waals surface area (Å²) in [5.74, 6) is -0.726. The van der Waals surface area contributed by atoms with Crippen LogP contribution in [0.25, 0.3) is 0 Å². The van der Waals surface area contributed by atoms with E-state index in [0.29, 0.717) is 8.66 Å². The van der Waals surface area contributed by atoms with Gasteiger partial charge < -0.3 is 5.73 Å². The zero-order valence-electron chi connectivity index (χ0n) is 10.7. The second kappa shape index (κ2) is 5.96. The van der Waals surface area contributed by atoms with Crippen molar-refractivity contribution in [3.8, 4) is 0 Å². The molecule has 0 saturated heterocycles. The number of carbonyl (C=O) groups excluding carboxylic acids is 1. The van der Waals surface area contributed by atoms with Gasteiger partial charge in [-0.2, -0.15) is 0 Å². The minimum atomic E-state index is -3.74. The van der Waals surface area contributed by atoms with E-state index < -0.39 is 15.9 Å². The number of amides is 1. The summed E-state index contributed by atoms with van der Waals surface area (Å²) in [7, 11) is -3.74. The molecule has 0 saturated carbocycles. The molecule has 112 valence electrons. The van der Waals surface area contributed by atoms with Crippen LogP contribution in [-0.2, 0) is 10.0 Å². The van der Waals surface area contributed by atoms with Gasteiger partial charge in [-0.05, 0) is 47.1 Å². The molecule has 0 spiro atoms. The highest BCUT2D eigenvalue weighted by atomic mass is 79.9. The first-order valence-electron chi connectivity index (χ1n) is 5.59. The van der Waals surface area contributed by atoms with Crippen LogP contribution in [0.3, 0.4) is 0 Å². The number of hydrogen-bond donors (Lipinski definition) is 2. The van der Waals surface area contributed by atoms with Crippen LogP contribution >= 0.6 is 38.9 Å². The van der Waals surface area contributed by atoms with Gasteiger partial charge in [0.05, 0.1) is 14.4 Å². The fraction of sp³-hybridized carbons (Fsp3) is 0.0833. The summed E-state index contributed by atoms with van der Waals surface area (Å²) in [5, 5.41) is 0.167. The van der Waals surface area contributed by atoms with Crippen molar-refractivity contribution < 1.29 is 13.2 Å². The normalized spacial score (nSPS) is 11.4. The van der Waals surface area contributed by atoms with Gasteiger partial charge in [-0.3, -0.25) is 9.52 Å². The Balaban J connectivity index is 2.40. The predicted molar refractivity (Wildman–Crippen MR) is 87.5 cm³/mol. The molecular formula is C12H10BrClN2O3S2. The summed E-state index contributed by atoms with van der Waals surface area (Å²) in [6.45, 7) is 1.71. The van der Waals surface area contributed by atoms with Crippen LogP contribution in [0.4, 0.5) is 5.69 Å². The van der Waals surface area contributed by atoms with Crippen LogP contribution < -0.4 is 10.5 Å². The molecule has 1 aromatic heterocycles. The highest BCUT2D eigenvalue weighted by molar-refractivity contribution is 9.11. The molecule has 3 N–H and O–H groups in total. The van der Waals surface area contributed by atoms with E-state index in [1.54, 1.807) is 6.92 Å². The Morgan fingerprint density at radius 1 is 1.38 bits per heavy atom. The fourth-order valence-corrected chi connectivity index (χ4v) is 5.36. The summed E-state index contributed by atoms with van der Waals surface area (Å²) in [4.78, 5) is 12.1. The van der Waals surface area contributed by atoms with Crippen LogP contribution in [0.2, 0.25) is 5.02 Å². The predicted octanol–water partition coefficient (Wildman–Crippen LogP) is 3.37. The van der Waals surface area contributed by atoms with Crippen molar-refractivity contribution >= 4 is 60.5 Å². The van der Waals surface area contributed by atoms with Gasteiger partial charge in [0.1, 0.15) is 4.90 Å². The number of rotatable bonds is 4. The number of aryl methyl sites for hydroxylation is 1. The Labute approximate surface area is 139 Å². The molecular weight excluding hydrogens is 400 g/mol. The summed E-state index contributed by atoms with van der Waals surface area (Å²) >= 11 is 10.4. The van der Waals surface area contributed by atoms with E-state index in [4.69, 9.17) is 17.3 Å². The molecule has 0 unspecified atom stereocenters. The average Bonchev–Trinajstić information content (AvgIpc) is 2.71. The zero-order chi connectivity index (χ0) is 15.8. The average molecular weight is 410 g/mol. The van der Waals surface area contributed by atoms with E-state index in [1.807, 2.05) is 0 Å². The quantitative estimate of drug-likeness (QED) is 0.811. The number of benzene rings is 1. The molecule has 9 heteroatoms. The number of thiophene rings is 1. The summed E-state index contributed by atoms with van der Waals surface area (Å²) < 4.78 is 27.8. The Morgan fingerprint density at radius 2 is 2.05 bits per heavy atom. The van der Waals surface area contributed by atoms with Crippen LogP contribution in [0.5, 0.6) is 0 Å².